The van der Waals surface area contributed by atoms with Gasteiger partial charge in [-0.15, -0.1) is 0 Å². The number of nitrogens with zero attached hydrogens (tertiary/aromatic N) is 2. The number of unbranched alkanes of at least 4 members (excludes halogenated alkanes) is 2. The second kappa shape index (κ2) is 16.0. The van der Waals surface area contributed by atoms with Gasteiger partial charge in [0.25, 0.3) is 20.2 Å². The van der Waals surface area contributed by atoms with E-state index in [1.54, 1.807) is 0 Å². The van der Waals surface area contributed by atoms with Crippen LogP contribution in [0.1, 0.15) is 83.8 Å². The summed E-state index contributed by atoms with van der Waals surface area (Å²) in [5.41, 5.74) is 7.37. The van der Waals surface area contributed by atoms with Gasteiger partial charge in [0.2, 0.25) is 0 Å². The molecule has 3 aliphatic rings. The standard InChI is InChI=1S/C38H48N2O7S2.Na/c1-37(2)30-16-5-7-18-32(30)39(24-9-11-26-48(42,43)44)34(37)22-20-28-14-13-15-29(36(28)41)21-23-35-38(3,4)31-17-6-8-19-33(31)40(35)25-10-12-27-49(45,46)47;/h5-8,16-23H,9-15,24-27H2,1-4H3,(H,42,43,44)(H,45,46,47);/q;+1/b28-20+,29-21?,34-22+,35-23?;. The normalized spacial score (nSPS) is 21.6. The Morgan fingerprint density at radius 1 is 0.640 bits per heavy atom. The van der Waals surface area contributed by atoms with Gasteiger partial charge in [-0.05, 0) is 91.5 Å². The van der Waals surface area contributed by atoms with Crippen LogP contribution in [0.4, 0.5) is 11.4 Å². The number of benzene rings is 2. The molecule has 0 atom stereocenters. The number of ketones is 1. The fourth-order valence-electron chi connectivity index (χ4n) is 7.45. The third-order valence-electron chi connectivity index (χ3n) is 10.0. The molecule has 0 spiro atoms. The molecule has 0 saturated heterocycles. The van der Waals surface area contributed by atoms with Gasteiger partial charge in [0.05, 0.1) is 11.5 Å². The Balaban J connectivity index is 0.00000562. The number of fused-ring (bicyclic) bond motifs is 2. The maximum absolute atomic E-state index is 13.9. The van der Waals surface area contributed by atoms with E-state index in [1.807, 2.05) is 48.6 Å². The zero-order valence-corrected chi connectivity index (χ0v) is 33.5. The van der Waals surface area contributed by atoms with Gasteiger partial charge in [0.15, 0.2) is 5.78 Å². The molecule has 1 saturated carbocycles. The molecular formula is C38H48N2NaO7S2+. The molecule has 2 aromatic carbocycles. The molecule has 0 unspecified atom stereocenters. The summed E-state index contributed by atoms with van der Waals surface area (Å²) in [6.07, 6.45) is 12.0. The molecule has 264 valence electrons. The van der Waals surface area contributed by atoms with Gasteiger partial charge in [-0.1, -0.05) is 76.2 Å². The van der Waals surface area contributed by atoms with E-state index in [-0.39, 0.29) is 57.7 Å². The minimum absolute atomic E-state index is 0. The van der Waals surface area contributed by atoms with Crippen molar-refractivity contribution in [3.05, 3.63) is 107 Å². The van der Waals surface area contributed by atoms with Gasteiger partial charge in [-0.25, -0.2) is 0 Å². The van der Waals surface area contributed by atoms with Crippen LogP contribution in [0.3, 0.4) is 0 Å². The maximum Gasteiger partial charge on any atom is 1.00 e. The Labute approximate surface area is 320 Å². The van der Waals surface area contributed by atoms with Gasteiger partial charge in [-0.3, -0.25) is 13.9 Å². The summed E-state index contributed by atoms with van der Waals surface area (Å²) in [5, 5.41) is 0. The molecule has 2 N–H and O–H groups in total. The van der Waals surface area contributed by atoms with E-state index in [0.717, 1.165) is 40.3 Å². The Bertz CT molecular complexity index is 1810. The Morgan fingerprint density at radius 3 is 1.40 bits per heavy atom. The number of Topliss-reactive ketones (excluding diaryl/α,β-unsaturated/α-hetero) is 1. The average molecular weight is 732 g/mol. The van der Waals surface area contributed by atoms with Crippen molar-refractivity contribution in [2.75, 3.05) is 34.4 Å². The largest absolute Gasteiger partial charge is 1.00 e. The summed E-state index contributed by atoms with van der Waals surface area (Å²) < 4.78 is 63.5. The number of carbonyl (C=O) groups is 1. The number of hydrogen-bond acceptors (Lipinski definition) is 7. The Morgan fingerprint density at radius 2 is 1.02 bits per heavy atom. The van der Waals surface area contributed by atoms with Crippen molar-refractivity contribution in [1.82, 2.24) is 0 Å². The summed E-state index contributed by atoms with van der Waals surface area (Å²) >= 11 is 0. The first kappa shape index (κ1) is 40.3. The fourth-order valence-corrected chi connectivity index (χ4v) is 8.59. The smallest absolute Gasteiger partial charge is 0.344 e. The number of rotatable bonds is 12. The van der Waals surface area contributed by atoms with Gasteiger partial charge >= 0.3 is 29.6 Å². The second-order valence-corrected chi connectivity index (χ2v) is 17.4. The Kier molecular flexibility index (Phi) is 12.9. The van der Waals surface area contributed by atoms with Gasteiger partial charge in [0, 0.05) is 46.7 Å². The van der Waals surface area contributed by atoms with E-state index < -0.39 is 20.2 Å². The van der Waals surface area contributed by atoms with E-state index in [4.69, 9.17) is 0 Å². The van der Waals surface area contributed by atoms with E-state index >= 15 is 0 Å². The van der Waals surface area contributed by atoms with Crippen LogP contribution >= 0.6 is 0 Å². The summed E-state index contributed by atoms with van der Waals surface area (Å²) in [6.45, 7) is 9.80. The maximum atomic E-state index is 13.9. The van der Waals surface area contributed by atoms with Gasteiger partial charge in [-0.2, -0.15) is 16.8 Å². The molecule has 1 fully saturated rings. The summed E-state index contributed by atoms with van der Waals surface area (Å²) in [7, 11) is -8.04. The number of allylic oxidation sites excluding steroid dienone is 8. The first-order chi connectivity index (χ1) is 23.0. The van der Waals surface area contributed by atoms with Crippen molar-refractivity contribution in [2.45, 2.75) is 83.5 Å². The average Bonchev–Trinajstić information content (AvgIpc) is 3.37. The summed E-state index contributed by atoms with van der Waals surface area (Å²) in [5.74, 6) is -0.519. The van der Waals surface area contributed by atoms with Crippen molar-refractivity contribution in [1.29, 1.82) is 0 Å². The predicted molar refractivity (Wildman–Crippen MR) is 196 cm³/mol. The summed E-state index contributed by atoms with van der Waals surface area (Å²) in [6, 6.07) is 16.3. The molecular weight excluding hydrogens is 684 g/mol. The predicted octanol–water partition coefficient (Wildman–Crippen LogP) is 4.30. The van der Waals surface area contributed by atoms with Gasteiger partial charge in [0.1, 0.15) is 0 Å². The third-order valence-corrected chi connectivity index (χ3v) is 11.6. The number of anilines is 2. The summed E-state index contributed by atoms with van der Waals surface area (Å²) in [4.78, 5) is 18.3. The number of hydrogen-bond donors (Lipinski definition) is 2. The molecule has 9 nitrogen and oxygen atoms in total. The topological polar surface area (TPSA) is 132 Å². The fraction of sp³-hybridized carbons (Fsp3) is 0.447. The first-order valence-electron chi connectivity index (χ1n) is 17.0. The zero-order chi connectivity index (χ0) is 35.6. The van der Waals surface area contributed by atoms with Gasteiger partial charge < -0.3 is 9.80 Å². The number of carbonyl (C=O) groups excluding carboxylic acids is 1. The molecule has 5 rings (SSSR count). The van der Waals surface area contributed by atoms with E-state index in [0.29, 0.717) is 51.6 Å². The van der Waals surface area contributed by atoms with Crippen molar-refractivity contribution in [2.24, 2.45) is 0 Å². The van der Waals surface area contributed by atoms with Crippen LogP contribution in [-0.2, 0) is 35.9 Å². The van der Waals surface area contributed by atoms with Crippen LogP contribution < -0.4 is 39.4 Å². The van der Waals surface area contributed by atoms with Crippen molar-refractivity contribution < 1.29 is 60.3 Å². The number of para-hydroxylation sites is 2. The zero-order valence-electron chi connectivity index (χ0n) is 29.9. The van der Waals surface area contributed by atoms with Crippen LogP contribution in [0.2, 0.25) is 0 Å². The molecule has 0 amide bonds. The van der Waals surface area contributed by atoms with Crippen LogP contribution in [0.15, 0.2) is 95.4 Å². The molecule has 12 heteroatoms. The van der Waals surface area contributed by atoms with Crippen LogP contribution in [0.25, 0.3) is 0 Å². The molecule has 2 aliphatic heterocycles. The third kappa shape index (κ3) is 9.10. The van der Waals surface area contributed by atoms with Crippen LogP contribution in [-0.4, -0.2) is 56.3 Å². The van der Waals surface area contributed by atoms with Crippen molar-refractivity contribution >= 4 is 37.4 Å². The first-order valence-corrected chi connectivity index (χ1v) is 20.2. The van der Waals surface area contributed by atoms with E-state index in [9.17, 15) is 30.7 Å². The SMILES string of the molecule is CC1(C)C(=CC=C2CCC/C(=C\C=C3\N(CCCCS(=O)(=O)O)c4ccccc4C3(C)C)C2=O)N(CCCCS(=O)(=O)O)c2ccccc21.[Na+]. The van der Waals surface area contributed by atoms with E-state index in [2.05, 4.69) is 61.8 Å². The van der Waals surface area contributed by atoms with Crippen LogP contribution in [0.5, 0.6) is 0 Å². The molecule has 50 heavy (non-hydrogen) atoms. The van der Waals surface area contributed by atoms with Crippen molar-refractivity contribution in [3.8, 4) is 0 Å². The molecule has 1 aliphatic carbocycles. The molecule has 2 aromatic rings. The second-order valence-electron chi connectivity index (χ2n) is 14.2. The molecule has 2 heterocycles. The van der Waals surface area contributed by atoms with Crippen LogP contribution in [0, 0.1) is 0 Å². The van der Waals surface area contributed by atoms with E-state index in [1.165, 1.54) is 11.1 Å². The molecule has 0 radical (unpaired) electrons. The van der Waals surface area contributed by atoms with Crippen molar-refractivity contribution in [3.63, 3.8) is 0 Å². The molecule has 0 bridgehead atoms. The minimum Gasteiger partial charge on any atom is -0.344 e. The quantitative estimate of drug-likeness (QED) is 0.142. The molecule has 0 aromatic heterocycles. The monoisotopic (exact) mass is 731 g/mol. The minimum atomic E-state index is -4.02. The Hall–Kier alpha value is -2.51.